The van der Waals surface area contributed by atoms with Crippen LogP contribution in [0.25, 0.3) is 11.1 Å². The lowest BCUT2D eigenvalue weighted by molar-refractivity contribution is -0.136. The van der Waals surface area contributed by atoms with Crippen LogP contribution in [-0.4, -0.2) is 12.6 Å². The van der Waals surface area contributed by atoms with E-state index in [4.69, 9.17) is 9.47 Å². The molecule has 0 unspecified atom stereocenters. The molecule has 0 bridgehead atoms. The molecule has 0 N–H and O–H groups in total. The molecule has 0 spiro atoms. The second-order valence-corrected chi connectivity index (χ2v) is 7.45. The number of benzene rings is 3. The minimum Gasteiger partial charge on any atom is -0.482 e. The number of carbonyl (C=O) groups excluding carboxylic acids is 1. The van der Waals surface area contributed by atoms with E-state index in [-0.39, 0.29) is 6.61 Å². The summed E-state index contributed by atoms with van der Waals surface area (Å²) in [5, 5.41) is 0. The fourth-order valence-electron chi connectivity index (χ4n) is 2.46. The maximum atomic E-state index is 12.1. The summed E-state index contributed by atoms with van der Waals surface area (Å²) in [7, 11) is 0. The van der Waals surface area contributed by atoms with Gasteiger partial charge in [0.1, 0.15) is 11.5 Å². The third kappa shape index (κ3) is 4.74. The van der Waals surface area contributed by atoms with Crippen LogP contribution in [0, 0.1) is 6.92 Å². The first kappa shape index (κ1) is 18.7. The van der Waals surface area contributed by atoms with Crippen molar-refractivity contribution < 1.29 is 14.3 Å². The highest BCUT2D eigenvalue weighted by Crippen LogP contribution is 2.31. The topological polar surface area (TPSA) is 35.5 Å². The van der Waals surface area contributed by atoms with Gasteiger partial charge in [0.05, 0.1) is 4.47 Å². The fourth-order valence-corrected chi connectivity index (χ4v) is 3.39. The number of esters is 1. The van der Waals surface area contributed by atoms with Gasteiger partial charge >= 0.3 is 5.97 Å². The van der Waals surface area contributed by atoms with Gasteiger partial charge < -0.3 is 9.47 Å². The fraction of sp³-hybridized carbons (Fsp3) is 0.0952. The number of hydrogen-bond donors (Lipinski definition) is 0. The molecule has 0 heterocycles. The molecule has 0 aromatic heterocycles. The van der Waals surface area contributed by atoms with Crippen LogP contribution in [-0.2, 0) is 4.79 Å². The molecule has 3 aromatic carbocycles. The Balaban J connectivity index is 1.64. The molecule has 0 amide bonds. The summed E-state index contributed by atoms with van der Waals surface area (Å²) >= 11 is 6.86. The molecule has 0 atom stereocenters. The van der Waals surface area contributed by atoms with Crippen molar-refractivity contribution in [1.29, 1.82) is 0 Å². The third-order valence-corrected chi connectivity index (χ3v) is 4.86. The third-order valence-electron chi connectivity index (χ3n) is 3.75. The molecule has 3 rings (SSSR count). The molecule has 0 saturated heterocycles. The number of carbonyl (C=O) groups is 1. The lowest BCUT2D eigenvalue weighted by Crippen LogP contribution is -2.18. The van der Waals surface area contributed by atoms with Crippen molar-refractivity contribution in [3.05, 3.63) is 81.2 Å². The first-order valence-electron chi connectivity index (χ1n) is 7.97. The van der Waals surface area contributed by atoms with Gasteiger partial charge in [0.2, 0.25) is 0 Å². The molecule has 0 aliphatic rings. The molecule has 132 valence electrons. The summed E-state index contributed by atoms with van der Waals surface area (Å²) in [5.41, 5.74) is 3.08. The van der Waals surface area contributed by atoms with E-state index in [0.29, 0.717) is 16.0 Å². The lowest BCUT2D eigenvalue weighted by Gasteiger charge is -2.11. The van der Waals surface area contributed by atoms with Gasteiger partial charge in [0.25, 0.3) is 0 Å². The van der Waals surface area contributed by atoms with Crippen LogP contribution in [0.15, 0.2) is 75.7 Å². The van der Waals surface area contributed by atoms with Crippen LogP contribution in [0.2, 0.25) is 0 Å². The quantitative estimate of drug-likeness (QED) is 0.327. The SMILES string of the molecule is Cc1cc(Br)ccc1OCC(=O)Oc1ccc(-c2ccccc2)cc1Br. The van der Waals surface area contributed by atoms with Gasteiger partial charge in [-0.25, -0.2) is 4.79 Å². The van der Waals surface area contributed by atoms with E-state index >= 15 is 0 Å². The highest BCUT2D eigenvalue weighted by molar-refractivity contribution is 9.10. The van der Waals surface area contributed by atoms with E-state index in [1.54, 1.807) is 6.07 Å². The first-order chi connectivity index (χ1) is 12.5. The second kappa shape index (κ2) is 8.52. The van der Waals surface area contributed by atoms with Crippen molar-refractivity contribution in [2.24, 2.45) is 0 Å². The second-order valence-electron chi connectivity index (χ2n) is 5.68. The summed E-state index contributed by atoms with van der Waals surface area (Å²) < 4.78 is 12.6. The van der Waals surface area contributed by atoms with Crippen molar-refractivity contribution in [3.63, 3.8) is 0 Å². The number of halogens is 2. The monoisotopic (exact) mass is 474 g/mol. The smallest absolute Gasteiger partial charge is 0.349 e. The molecule has 0 radical (unpaired) electrons. The van der Waals surface area contributed by atoms with E-state index in [1.165, 1.54) is 0 Å². The van der Waals surface area contributed by atoms with E-state index in [9.17, 15) is 4.79 Å². The summed E-state index contributed by atoms with van der Waals surface area (Å²) in [6, 6.07) is 21.2. The molecular formula is C21H16Br2O3. The Morgan fingerprint density at radius 1 is 0.885 bits per heavy atom. The maximum absolute atomic E-state index is 12.1. The summed E-state index contributed by atoms with van der Waals surface area (Å²) in [6.45, 7) is 1.76. The zero-order valence-corrected chi connectivity index (χ0v) is 17.2. The standard InChI is InChI=1S/C21H16Br2O3/c1-14-11-17(22)8-10-19(14)25-13-21(24)26-20-9-7-16(12-18(20)23)15-5-3-2-4-6-15/h2-12H,13H2,1H3. The Hall–Kier alpha value is -2.11. The largest absolute Gasteiger partial charge is 0.482 e. The van der Waals surface area contributed by atoms with Crippen molar-refractivity contribution in [2.45, 2.75) is 6.92 Å². The van der Waals surface area contributed by atoms with Gasteiger partial charge in [-0.2, -0.15) is 0 Å². The molecule has 3 aromatic rings. The highest BCUT2D eigenvalue weighted by atomic mass is 79.9. The zero-order chi connectivity index (χ0) is 18.5. The van der Waals surface area contributed by atoms with Crippen molar-refractivity contribution in [1.82, 2.24) is 0 Å². The predicted octanol–water partition coefficient (Wildman–Crippen LogP) is 6.17. The van der Waals surface area contributed by atoms with E-state index in [0.717, 1.165) is 21.2 Å². The van der Waals surface area contributed by atoms with Crippen molar-refractivity contribution >= 4 is 37.8 Å². The molecule has 5 heteroatoms. The average Bonchev–Trinajstić information content (AvgIpc) is 2.63. The molecule has 0 aliphatic carbocycles. The van der Waals surface area contributed by atoms with Gasteiger partial charge in [0.15, 0.2) is 6.61 Å². The number of hydrogen-bond acceptors (Lipinski definition) is 3. The molecule has 3 nitrogen and oxygen atoms in total. The number of rotatable bonds is 5. The van der Waals surface area contributed by atoms with Crippen molar-refractivity contribution in [3.8, 4) is 22.6 Å². The Morgan fingerprint density at radius 3 is 2.31 bits per heavy atom. The normalized spacial score (nSPS) is 10.4. The van der Waals surface area contributed by atoms with E-state index < -0.39 is 5.97 Å². The number of aryl methyl sites for hydroxylation is 1. The summed E-state index contributed by atoms with van der Waals surface area (Å²) in [4.78, 5) is 12.1. The maximum Gasteiger partial charge on any atom is 0.349 e. The Morgan fingerprint density at radius 2 is 1.62 bits per heavy atom. The lowest BCUT2D eigenvalue weighted by atomic mass is 10.1. The molecule has 26 heavy (non-hydrogen) atoms. The van der Waals surface area contributed by atoms with Gasteiger partial charge in [0, 0.05) is 4.47 Å². The minimum atomic E-state index is -0.458. The van der Waals surface area contributed by atoms with Crippen LogP contribution in [0.1, 0.15) is 5.56 Å². The minimum absolute atomic E-state index is 0.157. The predicted molar refractivity (Wildman–Crippen MR) is 110 cm³/mol. The highest BCUT2D eigenvalue weighted by Gasteiger charge is 2.11. The first-order valence-corrected chi connectivity index (χ1v) is 9.56. The summed E-state index contributed by atoms with van der Waals surface area (Å²) in [5.74, 6) is 0.662. The van der Waals surface area contributed by atoms with E-state index in [1.807, 2.05) is 67.6 Å². The Kier molecular flexibility index (Phi) is 6.12. The van der Waals surface area contributed by atoms with Gasteiger partial charge in [-0.3, -0.25) is 0 Å². The van der Waals surface area contributed by atoms with Crippen LogP contribution in [0.4, 0.5) is 0 Å². The van der Waals surface area contributed by atoms with Gasteiger partial charge in [-0.05, 0) is 69.9 Å². The van der Waals surface area contributed by atoms with Gasteiger partial charge in [-0.1, -0.05) is 52.3 Å². The number of ether oxygens (including phenoxy) is 2. The molecular weight excluding hydrogens is 460 g/mol. The average molecular weight is 476 g/mol. The van der Waals surface area contributed by atoms with Crippen LogP contribution >= 0.6 is 31.9 Å². The Bertz CT molecular complexity index is 924. The molecule has 0 fully saturated rings. The van der Waals surface area contributed by atoms with Crippen LogP contribution in [0.5, 0.6) is 11.5 Å². The molecule has 0 saturated carbocycles. The summed E-state index contributed by atoms with van der Waals surface area (Å²) in [6.07, 6.45) is 0. The Labute approximate surface area is 169 Å². The van der Waals surface area contributed by atoms with Crippen molar-refractivity contribution in [2.75, 3.05) is 6.61 Å². The van der Waals surface area contributed by atoms with E-state index in [2.05, 4.69) is 31.9 Å². The molecule has 0 aliphatic heterocycles. The van der Waals surface area contributed by atoms with Crippen LogP contribution in [0.3, 0.4) is 0 Å². The zero-order valence-electron chi connectivity index (χ0n) is 14.0. The van der Waals surface area contributed by atoms with Gasteiger partial charge in [-0.15, -0.1) is 0 Å². The van der Waals surface area contributed by atoms with Crippen LogP contribution < -0.4 is 9.47 Å².